The van der Waals surface area contributed by atoms with Crippen LogP contribution in [0.5, 0.6) is 0 Å². The first-order valence-corrected chi connectivity index (χ1v) is 11.7. The first-order valence-electron chi connectivity index (χ1n) is 10.3. The van der Waals surface area contributed by atoms with Gasteiger partial charge in [0.15, 0.2) is 0 Å². The summed E-state index contributed by atoms with van der Waals surface area (Å²) in [6, 6.07) is 6.59. The molecule has 0 aliphatic heterocycles. The summed E-state index contributed by atoms with van der Waals surface area (Å²) < 4.78 is 54.4. The Morgan fingerprint density at radius 2 is 1.39 bits per heavy atom. The van der Waals surface area contributed by atoms with E-state index >= 15 is 0 Å². The average Bonchev–Trinajstić information content (AvgIpc) is 2.69. The van der Waals surface area contributed by atoms with Crippen LogP contribution in [-0.4, -0.2) is 46.1 Å². The Kier molecular flexibility index (Phi) is 7.85. The molecule has 158 valence electrons. The van der Waals surface area contributed by atoms with Gasteiger partial charge < -0.3 is 9.47 Å². The largest absolute Gasteiger partial charge is 0.376 e. The van der Waals surface area contributed by atoms with Crippen LogP contribution in [0.25, 0.3) is 0 Å². The van der Waals surface area contributed by atoms with Gasteiger partial charge in [0.05, 0.1) is 36.4 Å². The molecule has 2 saturated carbocycles. The highest BCUT2D eigenvalue weighted by Gasteiger charge is 2.27. The van der Waals surface area contributed by atoms with E-state index in [4.69, 9.17) is 13.7 Å². The van der Waals surface area contributed by atoms with E-state index in [2.05, 4.69) is 0 Å². The minimum atomic E-state index is -3.74. The maximum absolute atomic E-state index is 13.2. The molecule has 7 heteroatoms. The SMILES string of the molecule is Cc1ccc(S(=O)(=O)OCCOC2CCC(OC3CCC(F)CC3)CC2)cc1. The summed E-state index contributed by atoms with van der Waals surface area (Å²) >= 11 is 0. The molecule has 5 nitrogen and oxygen atoms in total. The molecule has 0 atom stereocenters. The van der Waals surface area contributed by atoms with E-state index in [-0.39, 0.29) is 36.4 Å². The first kappa shape index (κ1) is 21.7. The van der Waals surface area contributed by atoms with E-state index < -0.39 is 16.3 Å². The van der Waals surface area contributed by atoms with Gasteiger partial charge >= 0.3 is 0 Å². The minimum absolute atomic E-state index is 0.0130. The zero-order chi connectivity index (χ0) is 20.0. The van der Waals surface area contributed by atoms with E-state index in [0.29, 0.717) is 12.8 Å². The fourth-order valence-electron chi connectivity index (χ4n) is 3.90. The smallest absolute Gasteiger partial charge is 0.297 e. The monoisotopic (exact) mass is 414 g/mol. The van der Waals surface area contributed by atoms with Crippen molar-refractivity contribution in [3.63, 3.8) is 0 Å². The average molecular weight is 415 g/mol. The van der Waals surface area contributed by atoms with Crippen LogP contribution in [0.15, 0.2) is 29.2 Å². The molecule has 28 heavy (non-hydrogen) atoms. The number of ether oxygens (including phenoxy) is 2. The standard InChI is InChI=1S/C21H31FO5S/c1-16-2-12-21(13-3-16)28(23,24)26-15-14-25-18-8-10-20(11-9-18)27-19-6-4-17(22)5-7-19/h2-3,12-13,17-20H,4-11,14-15H2,1H3. The van der Waals surface area contributed by atoms with Gasteiger partial charge in [0.1, 0.15) is 6.17 Å². The maximum atomic E-state index is 13.2. The summed E-state index contributed by atoms with van der Waals surface area (Å²) in [6.45, 7) is 2.17. The van der Waals surface area contributed by atoms with E-state index in [1.807, 2.05) is 6.92 Å². The number of hydrogen-bond donors (Lipinski definition) is 0. The Morgan fingerprint density at radius 1 is 0.857 bits per heavy atom. The predicted octanol–water partition coefficient (Wildman–Crippen LogP) is 4.33. The second-order valence-corrected chi connectivity index (χ2v) is 9.48. The quantitative estimate of drug-likeness (QED) is 0.468. The van der Waals surface area contributed by atoms with Gasteiger partial charge in [-0.3, -0.25) is 4.18 Å². The van der Waals surface area contributed by atoms with Crippen molar-refractivity contribution >= 4 is 10.1 Å². The molecule has 2 aliphatic rings. The molecule has 0 heterocycles. The molecular weight excluding hydrogens is 383 g/mol. The fraction of sp³-hybridized carbons (Fsp3) is 0.714. The highest BCUT2D eigenvalue weighted by atomic mass is 32.2. The predicted molar refractivity (Wildman–Crippen MR) is 105 cm³/mol. The molecule has 2 aliphatic carbocycles. The molecule has 0 radical (unpaired) electrons. The Bertz CT molecular complexity index is 690. The van der Waals surface area contributed by atoms with E-state index in [1.54, 1.807) is 24.3 Å². The highest BCUT2D eigenvalue weighted by molar-refractivity contribution is 7.86. The Balaban J connectivity index is 1.31. The van der Waals surface area contributed by atoms with Crippen molar-refractivity contribution in [3.8, 4) is 0 Å². The maximum Gasteiger partial charge on any atom is 0.297 e. The van der Waals surface area contributed by atoms with E-state index in [0.717, 1.165) is 44.1 Å². The molecule has 0 saturated heterocycles. The number of hydrogen-bond acceptors (Lipinski definition) is 5. The van der Waals surface area contributed by atoms with Crippen molar-refractivity contribution in [2.45, 2.75) is 87.7 Å². The van der Waals surface area contributed by atoms with Gasteiger partial charge in [-0.15, -0.1) is 0 Å². The third kappa shape index (κ3) is 6.51. The second kappa shape index (κ2) is 10.1. The zero-order valence-electron chi connectivity index (χ0n) is 16.5. The lowest BCUT2D eigenvalue weighted by atomic mass is 9.93. The summed E-state index contributed by atoms with van der Waals surface area (Å²) in [5.74, 6) is 0. The molecule has 2 fully saturated rings. The van der Waals surface area contributed by atoms with Crippen molar-refractivity contribution < 1.29 is 26.5 Å². The normalized spacial score (nSPS) is 28.9. The van der Waals surface area contributed by atoms with Crippen molar-refractivity contribution in [1.82, 2.24) is 0 Å². The minimum Gasteiger partial charge on any atom is -0.376 e. The fourth-order valence-corrected chi connectivity index (χ4v) is 4.79. The summed E-state index contributed by atoms with van der Waals surface area (Å²) in [5, 5.41) is 0. The molecule has 1 aromatic rings. The molecule has 0 aromatic heterocycles. The van der Waals surface area contributed by atoms with Crippen LogP contribution in [0.4, 0.5) is 4.39 Å². The topological polar surface area (TPSA) is 61.8 Å². The lowest BCUT2D eigenvalue weighted by molar-refractivity contribution is -0.0780. The highest BCUT2D eigenvalue weighted by Crippen LogP contribution is 2.29. The van der Waals surface area contributed by atoms with Crippen LogP contribution in [0, 0.1) is 6.92 Å². The van der Waals surface area contributed by atoms with Crippen molar-refractivity contribution in [2.24, 2.45) is 0 Å². The lowest BCUT2D eigenvalue weighted by Gasteiger charge is -2.33. The number of halogens is 1. The lowest BCUT2D eigenvalue weighted by Crippen LogP contribution is -2.32. The van der Waals surface area contributed by atoms with Gasteiger partial charge in [-0.1, -0.05) is 17.7 Å². The summed E-state index contributed by atoms with van der Waals surface area (Å²) in [4.78, 5) is 0.164. The van der Waals surface area contributed by atoms with Gasteiger partial charge in [-0.2, -0.15) is 8.42 Å². The van der Waals surface area contributed by atoms with Crippen LogP contribution in [0.3, 0.4) is 0 Å². The van der Waals surface area contributed by atoms with E-state index in [9.17, 15) is 12.8 Å². The van der Waals surface area contributed by atoms with Gasteiger partial charge in [0, 0.05) is 0 Å². The molecule has 3 rings (SSSR count). The second-order valence-electron chi connectivity index (χ2n) is 7.87. The molecular formula is C21H31FO5S. The van der Waals surface area contributed by atoms with Crippen LogP contribution < -0.4 is 0 Å². The van der Waals surface area contributed by atoms with Gasteiger partial charge in [0.25, 0.3) is 10.1 Å². The van der Waals surface area contributed by atoms with E-state index in [1.165, 1.54) is 0 Å². The van der Waals surface area contributed by atoms with Gasteiger partial charge in [-0.25, -0.2) is 4.39 Å². The number of benzene rings is 1. The molecule has 0 N–H and O–H groups in total. The third-order valence-electron chi connectivity index (χ3n) is 5.59. The molecule has 0 spiro atoms. The Hall–Kier alpha value is -1.02. The molecule has 0 amide bonds. The number of alkyl halides is 1. The molecule has 0 unspecified atom stereocenters. The van der Waals surface area contributed by atoms with Crippen molar-refractivity contribution in [2.75, 3.05) is 13.2 Å². The summed E-state index contributed by atoms with van der Waals surface area (Å²) in [5.41, 5.74) is 0.997. The summed E-state index contributed by atoms with van der Waals surface area (Å²) in [6.07, 6.45) is 6.45. The summed E-state index contributed by atoms with van der Waals surface area (Å²) in [7, 11) is -3.74. The van der Waals surface area contributed by atoms with Gasteiger partial charge in [0.2, 0.25) is 0 Å². The van der Waals surface area contributed by atoms with Crippen LogP contribution >= 0.6 is 0 Å². The Labute approximate surface area is 167 Å². The third-order valence-corrected chi connectivity index (χ3v) is 6.92. The van der Waals surface area contributed by atoms with Crippen LogP contribution in [0.1, 0.15) is 56.9 Å². The van der Waals surface area contributed by atoms with Crippen LogP contribution in [-0.2, 0) is 23.8 Å². The van der Waals surface area contributed by atoms with Crippen LogP contribution in [0.2, 0.25) is 0 Å². The zero-order valence-corrected chi connectivity index (χ0v) is 17.3. The van der Waals surface area contributed by atoms with Crippen molar-refractivity contribution in [1.29, 1.82) is 0 Å². The first-order chi connectivity index (χ1) is 13.4. The number of rotatable bonds is 8. The number of aryl methyl sites for hydroxylation is 1. The van der Waals surface area contributed by atoms with Gasteiger partial charge in [-0.05, 0) is 70.4 Å². The molecule has 1 aromatic carbocycles. The Morgan fingerprint density at radius 3 is 2.00 bits per heavy atom. The van der Waals surface area contributed by atoms with Crippen molar-refractivity contribution in [3.05, 3.63) is 29.8 Å². The molecule has 0 bridgehead atoms.